The molecule has 5 rings (SSSR count). The van der Waals surface area contributed by atoms with Gasteiger partial charge in [-0.15, -0.1) is 0 Å². The summed E-state index contributed by atoms with van der Waals surface area (Å²) in [6.45, 7) is 4.16. The lowest BCUT2D eigenvalue weighted by Gasteiger charge is -2.37. The maximum Gasteiger partial charge on any atom is 0.121 e. The second-order valence-corrected chi connectivity index (χ2v) is 8.76. The Labute approximate surface area is 206 Å². The number of nitrogens with zero attached hydrogens (tertiary/aromatic N) is 2. The van der Waals surface area contributed by atoms with Gasteiger partial charge in [-0.2, -0.15) is 0 Å². The zero-order valence-corrected chi connectivity index (χ0v) is 20.0. The average molecular weight is 457 g/mol. The summed E-state index contributed by atoms with van der Waals surface area (Å²) in [6, 6.07) is 37.6. The van der Waals surface area contributed by atoms with E-state index in [1.54, 1.807) is 0 Å². The van der Waals surface area contributed by atoms with E-state index in [1.807, 2.05) is 42.9 Å². The van der Waals surface area contributed by atoms with Gasteiger partial charge in [-0.25, -0.2) is 4.98 Å². The molecule has 1 aromatic heterocycles. The molecule has 4 aromatic carbocycles. The van der Waals surface area contributed by atoms with Crippen molar-refractivity contribution in [1.29, 1.82) is 0 Å². The number of imidazole rings is 1. The summed E-state index contributed by atoms with van der Waals surface area (Å²) in [5.74, 6) is 0. The molecule has 0 fully saturated rings. The first-order chi connectivity index (χ1) is 17.2. The van der Waals surface area contributed by atoms with Crippen molar-refractivity contribution in [3.8, 4) is 0 Å². The summed E-state index contributed by atoms with van der Waals surface area (Å²) in [4.78, 5) is 4.81. The molecule has 0 radical (unpaired) electrons. The zero-order chi connectivity index (χ0) is 24.3. The molecule has 35 heavy (non-hydrogen) atoms. The van der Waals surface area contributed by atoms with Crippen LogP contribution in [0.25, 0.3) is 5.57 Å². The molecule has 0 aliphatic rings. The van der Waals surface area contributed by atoms with E-state index in [0.29, 0.717) is 11.3 Å². The van der Waals surface area contributed by atoms with E-state index in [0.717, 1.165) is 27.8 Å². The third-order valence-corrected chi connectivity index (χ3v) is 6.84. The molecule has 5 aromatic rings. The van der Waals surface area contributed by atoms with Crippen LogP contribution in [-0.2, 0) is 5.54 Å². The van der Waals surface area contributed by atoms with Crippen LogP contribution in [0.4, 0.5) is 0 Å². The van der Waals surface area contributed by atoms with Crippen LogP contribution in [0.2, 0.25) is 0 Å². The van der Waals surface area contributed by atoms with Crippen LogP contribution in [0.3, 0.4) is 0 Å². The van der Waals surface area contributed by atoms with Gasteiger partial charge in [0.2, 0.25) is 0 Å². The van der Waals surface area contributed by atoms with E-state index in [2.05, 4.69) is 97.3 Å². The molecule has 1 N–H and O–H groups in total. The SMILES string of the molecule is Cc1cccc(/C(=C/O)c2cn(C(c3ccccc3)(c3ccccc3)c3ccccc3)cn2)c1C. The molecule has 0 aliphatic carbocycles. The Balaban J connectivity index is 1.78. The predicted molar refractivity (Wildman–Crippen MR) is 142 cm³/mol. The van der Waals surface area contributed by atoms with E-state index in [-0.39, 0.29) is 0 Å². The Kier molecular flexibility index (Phi) is 6.07. The van der Waals surface area contributed by atoms with E-state index in [1.165, 1.54) is 11.8 Å². The molecule has 3 heteroatoms. The van der Waals surface area contributed by atoms with Gasteiger partial charge < -0.3 is 9.67 Å². The predicted octanol–water partition coefficient (Wildman–Crippen LogP) is 7.29. The lowest BCUT2D eigenvalue weighted by molar-refractivity contribution is 0.475. The van der Waals surface area contributed by atoms with Crippen LogP contribution in [-0.4, -0.2) is 14.7 Å². The first-order valence-electron chi connectivity index (χ1n) is 11.8. The van der Waals surface area contributed by atoms with Crippen LogP contribution in [0.5, 0.6) is 0 Å². The molecule has 172 valence electrons. The Hall–Kier alpha value is -4.37. The molecule has 0 unspecified atom stereocenters. The van der Waals surface area contributed by atoms with Crippen LogP contribution in [0.1, 0.15) is 39.1 Å². The Morgan fingerprint density at radius 2 is 1.23 bits per heavy atom. The maximum atomic E-state index is 10.3. The summed E-state index contributed by atoms with van der Waals surface area (Å²) < 4.78 is 2.16. The fourth-order valence-electron chi connectivity index (χ4n) is 4.95. The summed E-state index contributed by atoms with van der Waals surface area (Å²) in [5, 5.41) is 10.3. The Morgan fingerprint density at radius 1 is 0.714 bits per heavy atom. The summed E-state index contributed by atoms with van der Waals surface area (Å²) in [5.41, 5.74) is 7.44. The highest BCUT2D eigenvalue weighted by Gasteiger charge is 2.38. The van der Waals surface area contributed by atoms with Crippen molar-refractivity contribution in [2.75, 3.05) is 0 Å². The van der Waals surface area contributed by atoms with Crippen molar-refractivity contribution < 1.29 is 5.11 Å². The normalized spacial score (nSPS) is 12.0. The fraction of sp³-hybridized carbons (Fsp3) is 0.0938. The van der Waals surface area contributed by atoms with Crippen molar-refractivity contribution in [1.82, 2.24) is 9.55 Å². The van der Waals surface area contributed by atoms with Crippen LogP contribution < -0.4 is 0 Å². The number of aryl methyl sites for hydroxylation is 1. The van der Waals surface area contributed by atoms with Crippen molar-refractivity contribution in [2.24, 2.45) is 0 Å². The molecule has 0 saturated carbocycles. The highest BCUT2D eigenvalue weighted by atomic mass is 16.2. The number of benzene rings is 4. The molecule has 0 atom stereocenters. The molecule has 0 saturated heterocycles. The monoisotopic (exact) mass is 456 g/mol. The molecular formula is C32H28N2O. The molecule has 0 spiro atoms. The van der Waals surface area contributed by atoms with Crippen LogP contribution >= 0.6 is 0 Å². The van der Waals surface area contributed by atoms with Crippen molar-refractivity contribution in [3.63, 3.8) is 0 Å². The number of aliphatic hydroxyl groups is 1. The second kappa shape index (κ2) is 9.47. The van der Waals surface area contributed by atoms with Gasteiger partial charge in [-0.1, -0.05) is 109 Å². The van der Waals surface area contributed by atoms with Crippen LogP contribution in [0.15, 0.2) is 128 Å². The minimum atomic E-state index is -0.642. The quantitative estimate of drug-likeness (QED) is 0.215. The number of hydrogen-bond acceptors (Lipinski definition) is 2. The summed E-state index contributed by atoms with van der Waals surface area (Å²) >= 11 is 0. The maximum absolute atomic E-state index is 10.3. The molecular weight excluding hydrogens is 428 g/mol. The smallest absolute Gasteiger partial charge is 0.121 e. The van der Waals surface area contributed by atoms with Gasteiger partial charge in [0.1, 0.15) is 5.54 Å². The number of aromatic nitrogens is 2. The minimum Gasteiger partial charge on any atom is -0.515 e. The minimum absolute atomic E-state index is 0.642. The van der Waals surface area contributed by atoms with E-state index < -0.39 is 5.54 Å². The van der Waals surface area contributed by atoms with Gasteiger partial charge in [0.15, 0.2) is 0 Å². The molecule has 0 amide bonds. The Bertz CT molecular complexity index is 1360. The van der Waals surface area contributed by atoms with Gasteiger partial charge in [-0.3, -0.25) is 0 Å². The van der Waals surface area contributed by atoms with Crippen molar-refractivity contribution in [3.05, 3.63) is 167 Å². The standard InChI is InChI=1S/C32H28N2O/c1-24-13-12-20-29(25(24)2)30(22-35)31-21-34(23-33-31)32(26-14-6-3-7-15-26,27-16-8-4-9-17-27)28-18-10-5-11-19-28/h3-23,35H,1-2H3/b30-22-. The van der Waals surface area contributed by atoms with Gasteiger partial charge in [0.05, 0.1) is 18.3 Å². The topological polar surface area (TPSA) is 38.0 Å². The lowest BCUT2D eigenvalue weighted by Crippen LogP contribution is -2.36. The fourth-order valence-corrected chi connectivity index (χ4v) is 4.95. The third kappa shape index (κ3) is 3.85. The summed E-state index contributed by atoms with van der Waals surface area (Å²) in [7, 11) is 0. The van der Waals surface area contributed by atoms with Gasteiger partial charge in [-0.05, 0) is 47.2 Å². The molecule has 0 aliphatic heterocycles. The zero-order valence-electron chi connectivity index (χ0n) is 20.0. The van der Waals surface area contributed by atoms with Crippen LogP contribution in [0, 0.1) is 13.8 Å². The first-order valence-corrected chi connectivity index (χ1v) is 11.8. The highest BCUT2D eigenvalue weighted by Crippen LogP contribution is 2.41. The summed E-state index contributed by atoms with van der Waals surface area (Å²) in [6.07, 6.45) is 5.08. The Morgan fingerprint density at radius 3 is 1.71 bits per heavy atom. The number of hydrogen-bond donors (Lipinski definition) is 1. The second-order valence-electron chi connectivity index (χ2n) is 8.76. The van der Waals surface area contributed by atoms with Gasteiger partial charge in [0, 0.05) is 11.8 Å². The molecule has 0 bridgehead atoms. The average Bonchev–Trinajstić information content (AvgIpc) is 3.39. The lowest BCUT2D eigenvalue weighted by atomic mass is 9.76. The van der Waals surface area contributed by atoms with E-state index in [9.17, 15) is 5.11 Å². The highest BCUT2D eigenvalue weighted by molar-refractivity contribution is 5.79. The largest absolute Gasteiger partial charge is 0.515 e. The third-order valence-electron chi connectivity index (χ3n) is 6.84. The van der Waals surface area contributed by atoms with E-state index in [4.69, 9.17) is 4.98 Å². The number of aliphatic hydroxyl groups excluding tert-OH is 1. The van der Waals surface area contributed by atoms with E-state index >= 15 is 0 Å². The number of rotatable bonds is 6. The van der Waals surface area contributed by atoms with Crippen molar-refractivity contribution in [2.45, 2.75) is 19.4 Å². The van der Waals surface area contributed by atoms with Gasteiger partial charge in [0.25, 0.3) is 0 Å². The molecule has 1 heterocycles. The first kappa shape index (κ1) is 22.4. The van der Waals surface area contributed by atoms with Gasteiger partial charge >= 0.3 is 0 Å². The molecule has 3 nitrogen and oxygen atoms in total. The van der Waals surface area contributed by atoms with Crippen molar-refractivity contribution >= 4 is 5.57 Å².